The van der Waals surface area contributed by atoms with Crippen molar-refractivity contribution in [3.8, 4) is 0 Å². The lowest BCUT2D eigenvalue weighted by molar-refractivity contribution is 0.164. The summed E-state index contributed by atoms with van der Waals surface area (Å²) in [4.78, 5) is 19.5. The average molecular weight is 525 g/mol. The summed E-state index contributed by atoms with van der Waals surface area (Å²) < 4.78 is 41.1. The van der Waals surface area contributed by atoms with E-state index in [0.717, 1.165) is 36.9 Å². The third-order valence-electron chi connectivity index (χ3n) is 7.43. The molecule has 2 unspecified atom stereocenters. The zero-order chi connectivity index (χ0) is 26.8. The third kappa shape index (κ3) is 5.08. The monoisotopic (exact) mass is 524 g/mol. The molecule has 1 aliphatic carbocycles. The van der Waals surface area contributed by atoms with Crippen molar-refractivity contribution in [1.29, 1.82) is 0 Å². The fraction of sp³-hybridized carbons (Fsp3) is 0.407. The molecule has 1 aliphatic heterocycles. The number of aliphatic imine (C=N–C) groups is 1. The number of nitrogens with two attached hydrogens (primary N) is 1. The van der Waals surface area contributed by atoms with Gasteiger partial charge in [0, 0.05) is 35.6 Å². The summed E-state index contributed by atoms with van der Waals surface area (Å²) in [5.41, 5.74) is 9.85. The van der Waals surface area contributed by atoms with Crippen LogP contribution in [-0.4, -0.2) is 45.3 Å². The number of fused-ring (bicyclic) bond motifs is 1. The molecule has 11 heteroatoms. The lowest BCUT2D eigenvalue weighted by atomic mass is 9.78. The lowest BCUT2D eigenvalue weighted by Crippen LogP contribution is -2.39. The molecule has 3 aromatic heterocycles. The topological polar surface area (TPSA) is 104 Å². The molecule has 0 radical (unpaired) electrons. The maximum Gasteiger partial charge on any atom is 0.251 e. The van der Waals surface area contributed by atoms with Crippen molar-refractivity contribution in [3.05, 3.63) is 71.1 Å². The molecule has 3 aromatic rings. The Balaban J connectivity index is 1.52. The van der Waals surface area contributed by atoms with E-state index >= 15 is 0 Å². The van der Waals surface area contributed by atoms with Crippen LogP contribution in [0.15, 0.2) is 41.8 Å². The Morgan fingerprint density at radius 3 is 2.71 bits per heavy atom. The van der Waals surface area contributed by atoms with Gasteiger partial charge in [0.05, 0.1) is 11.9 Å². The largest absolute Gasteiger partial charge is 0.338 e. The Morgan fingerprint density at radius 2 is 2.00 bits per heavy atom. The number of pyridine rings is 3. The van der Waals surface area contributed by atoms with Gasteiger partial charge in [-0.05, 0) is 62.9 Å². The number of amidine groups is 1. The molecule has 4 N–H and O–H groups in total. The van der Waals surface area contributed by atoms with Gasteiger partial charge in [0.15, 0.2) is 17.5 Å². The van der Waals surface area contributed by atoms with Crippen LogP contribution in [0.3, 0.4) is 0 Å². The molecule has 0 saturated heterocycles. The SMILES string of the molecule is CCC(CCN)N(C)C1N=C(c2ccnc(Nc3nc(F)c(F)cc3F)c2)Nc2cncc(C3CCC3)c21. The summed E-state index contributed by atoms with van der Waals surface area (Å²) in [6, 6.07) is 4.10. The van der Waals surface area contributed by atoms with E-state index in [1.807, 2.05) is 12.4 Å². The summed E-state index contributed by atoms with van der Waals surface area (Å²) in [5.74, 6) is -2.99. The van der Waals surface area contributed by atoms with Crippen LogP contribution in [0.2, 0.25) is 0 Å². The Hall–Kier alpha value is -3.57. The van der Waals surface area contributed by atoms with Crippen LogP contribution in [0.4, 0.5) is 30.5 Å². The summed E-state index contributed by atoms with van der Waals surface area (Å²) in [6.07, 6.45) is 10.3. The summed E-state index contributed by atoms with van der Waals surface area (Å²) >= 11 is 0. The van der Waals surface area contributed by atoms with Crippen LogP contribution in [0.25, 0.3) is 0 Å². The molecule has 1 fully saturated rings. The summed E-state index contributed by atoms with van der Waals surface area (Å²) in [5, 5.41) is 6.06. The predicted octanol–water partition coefficient (Wildman–Crippen LogP) is 5.23. The maximum absolute atomic E-state index is 14.2. The number of hydrogen-bond donors (Lipinski definition) is 3. The van der Waals surface area contributed by atoms with Crippen LogP contribution in [-0.2, 0) is 0 Å². The Bertz CT molecular complexity index is 1340. The highest BCUT2D eigenvalue weighted by atomic mass is 19.2. The van der Waals surface area contributed by atoms with Crippen molar-refractivity contribution in [2.24, 2.45) is 10.7 Å². The highest BCUT2D eigenvalue weighted by molar-refractivity contribution is 6.10. The molecule has 0 amide bonds. The molecule has 4 heterocycles. The number of nitrogens with zero attached hydrogens (tertiary/aromatic N) is 5. The second-order valence-electron chi connectivity index (χ2n) is 9.75. The van der Waals surface area contributed by atoms with Crippen molar-refractivity contribution < 1.29 is 13.2 Å². The molecule has 38 heavy (non-hydrogen) atoms. The lowest BCUT2D eigenvalue weighted by Gasteiger charge is -2.39. The highest BCUT2D eigenvalue weighted by Gasteiger charge is 2.34. The molecular weight excluding hydrogens is 493 g/mol. The fourth-order valence-electron chi connectivity index (χ4n) is 5.09. The zero-order valence-electron chi connectivity index (χ0n) is 21.4. The van der Waals surface area contributed by atoms with Gasteiger partial charge < -0.3 is 16.4 Å². The molecular formula is C27H31F3N8. The standard InChI is InChI=1S/C27H31F3N8/c1-3-17(7-9-31)38(2)27-23-18(15-5-4-6-15)13-32-14-21(23)34-25(37-27)16-8-10-33-22(11-16)35-26-20(29)12-19(28)24(30)36-26/h8,10-15,17,27H,3-7,9,31H2,1-2H3,(H,34,37)(H,33,35,36). The van der Waals surface area contributed by atoms with Crippen molar-refractivity contribution in [3.63, 3.8) is 0 Å². The van der Waals surface area contributed by atoms with Crippen LogP contribution < -0.4 is 16.4 Å². The van der Waals surface area contributed by atoms with E-state index in [2.05, 4.69) is 44.5 Å². The van der Waals surface area contributed by atoms with E-state index in [9.17, 15) is 13.2 Å². The Labute approximate surface area is 219 Å². The van der Waals surface area contributed by atoms with E-state index in [-0.39, 0.29) is 18.0 Å². The van der Waals surface area contributed by atoms with E-state index < -0.39 is 23.4 Å². The molecule has 200 valence electrons. The highest BCUT2D eigenvalue weighted by Crippen LogP contribution is 2.45. The fourth-order valence-corrected chi connectivity index (χ4v) is 5.09. The minimum absolute atomic E-state index is 0.205. The molecule has 5 rings (SSSR count). The first-order valence-corrected chi connectivity index (χ1v) is 12.9. The maximum atomic E-state index is 14.2. The van der Waals surface area contributed by atoms with Crippen LogP contribution in [0.1, 0.15) is 67.8 Å². The Morgan fingerprint density at radius 1 is 1.18 bits per heavy atom. The van der Waals surface area contributed by atoms with E-state index in [4.69, 9.17) is 10.7 Å². The molecule has 2 atom stereocenters. The van der Waals surface area contributed by atoms with E-state index in [1.54, 1.807) is 12.1 Å². The molecule has 0 bridgehead atoms. The van der Waals surface area contributed by atoms with Gasteiger partial charge in [-0.15, -0.1) is 0 Å². The van der Waals surface area contributed by atoms with Gasteiger partial charge in [-0.1, -0.05) is 13.3 Å². The quantitative estimate of drug-likeness (QED) is 0.329. The average Bonchev–Trinajstić information content (AvgIpc) is 2.88. The van der Waals surface area contributed by atoms with Gasteiger partial charge in [-0.25, -0.2) is 18.8 Å². The number of halogens is 3. The first kappa shape index (κ1) is 26.1. The second kappa shape index (κ2) is 11.0. The molecule has 8 nitrogen and oxygen atoms in total. The minimum Gasteiger partial charge on any atom is -0.338 e. The van der Waals surface area contributed by atoms with Crippen molar-refractivity contribution in [1.82, 2.24) is 19.9 Å². The Kier molecular flexibility index (Phi) is 7.57. The van der Waals surface area contributed by atoms with Crippen LogP contribution >= 0.6 is 0 Å². The third-order valence-corrected chi connectivity index (χ3v) is 7.43. The van der Waals surface area contributed by atoms with Gasteiger partial charge in [-0.2, -0.15) is 9.37 Å². The van der Waals surface area contributed by atoms with Crippen LogP contribution in [0.5, 0.6) is 0 Å². The smallest absolute Gasteiger partial charge is 0.251 e. The van der Waals surface area contributed by atoms with E-state index in [1.165, 1.54) is 18.2 Å². The molecule has 0 spiro atoms. The first-order valence-electron chi connectivity index (χ1n) is 12.9. The van der Waals surface area contributed by atoms with Gasteiger partial charge in [-0.3, -0.25) is 9.88 Å². The molecule has 2 aliphatic rings. The summed E-state index contributed by atoms with van der Waals surface area (Å²) in [7, 11) is 2.08. The van der Waals surface area contributed by atoms with Gasteiger partial charge in [0.2, 0.25) is 0 Å². The number of hydrogen-bond acceptors (Lipinski definition) is 8. The van der Waals surface area contributed by atoms with E-state index in [0.29, 0.717) is 29.9 Å². The number of aromatic nitrogens is 3. The van der Waals surface area contributed by atoms with Crippen molar-refractivity contribution in [2.45, 2.75) is 57.2 Å². The number of nitrogens with one attached hydrogen (secondary N) is 2. The normalized spacial score (nSPS) is 17.9. The summed E-state index contributed by atoms with van der Waals surface area (Å²) in [6.45, 7) is 2.73. The number of anilines is 3. The van der Waals surface area contributed by atoms with Gasteiger partial charge in [0.1, 0.15) is 17.8 Å². The predicted molar refractivity (Wildman–Crippen MR) is 141 cm³/mol. The van der Waals surface area contributed by atoms with Crippen LogP contribution in [0, 0.1) is 17.6 Å². The van der Waals surface area contributed by atoms with Gasteiger partial charge in [0.25, 0.3) is 5.95 Å². The number of rotatable bonds is 9. The van der Waals surface area contributed by atoms with Gasteiger partial charge >= 0.3 is 0 Å². The zero-order valence-corrected chi connectivity index (χ0v) is 21.4. The second-order valence-corrected chi connectivity index (χ2v) is 9.75. The molecule has 1 saturated carbocycles. The van der Waals surface area contributed by atoms with Crippen molar-refractivity contribution in [2.75, 3.05) is 24.2 Å². The first-order chi connectivity index (χ1) is 18.4. The van der Waals surface area contributed by atoms with Crippen molar-refractivity contribution >= 4 is 23.2 Å². The minimum atomic E-state index is -1.40. The molecule has 0 aromatic carbocycles.